The second-order valence-corrected chi connectivity index (χ2v) is 6.62. The molecule has 0 saturated heterocycles. The fraction of sp³-hybridized carbons (Fsp3) is 0. The maximum Gasteiger partial charge on any atom is 0.283 e. The van der Waals surface area contributed by atoms with Gasteiger partial charge in [0.1, 0.15) is 10.7 Å². The number of benzene rings is 3. The molecule has 6 heteroatoms. The van der Waals surface area contributed by atoms with E-state index in [9.17, 15) is 10.1 Å². The summed E-state index contributed by atoms with van der Waals surface area (Å²) >= 11 is 1.26. The maximum absolute atomic E-state index is 11.3. The van der Waals surface area contributed by atoms with Crippen molar-refractivity contribution in [2.45, 2.75) is 9.92 Å². The van der Waals surface area contributed by atoms with E-state index in [0.29, 0.717) is 9.92 Å². The standard InChI is InChI=1S/C20H13N3O2S/c24-23(25)17-12-6-7-13-18(17)26-20-16-11-5-4-10-15(16)19(21-22-20)14-8-2-1-3-9-14/h1-13H. The zero-order chi connectivity index (χ0) is 17.9. The van der Waals surface area contributed by atoms with Gasteiger partial charge in [-0.15, -0.1) is 10.2 Å². The van der Waals surface area contributed by atoms with Crippen molar-refractivity contribution >= 4 is 28.2 Å². The molecule has 0 saturated carbocycles. The van der Waals surface area contributed by atoms with E-state index >= 15 is 0 Å². The molecule has 0 N–H and O–H groups in total. The number of hydrogen-bond acceptors (Lipinski definition) is 5. The van der Waals surface area contributed by atoms with Crippen LogP contribution in [0.4, 0.5) is 5.69 Å². The van der Waals surface area contributed by atoms with Gasteiger partial charge >= 0.3 is 0 Å². The topological polar surface area (TPSA) is 68.9 Å². The molecule has 0 amide bonds. The molecule has 0 fully saturated rings. The van der Waals surface area contributed by atoms with E-state index < -0.39 is 0 Å². The lowest BCUT2D eigenvalue weighted by Gasteiger charge is -2.09. The molecule has 0 spiro atoms. The molecule has 4 rings (SSSR count). The third-order valence-corrected chi connectivity index (χ3v) is 5.03. The Bertz CT molecular complexity index is 1100. The number of nitrogens with zero attached hydrogens (tertiary/aromatic N) is 3. The van der Waals surface area contributed by atoms with Crippen LogP contribution in [-0.2, 0) is 0 Å². The van der Waals surface area contributed by atoms with Crippen LogP contribution in [0.25, 0.3) is 22.0 Å². The van der Waals surface area contributed by atoms with Crippen LogP contribution in [0.5, 0.6) is 0 Å². The van der Waals surface area contributed by atoms with Crippen LogP contribution in [0.3, 0.4) is 0 Å². The van der Waals surface area contributed by atoms with E-state index in [1.165, 1.54) is 17.8 Å². The smallest absolute Gasteiger partial charge is 0.258 e. The van der Waals surface area contributed by atoms with Crippen molar-refractivity contribution in [3.8, 4) is 11.3 Å². The third-order valence-electron chi connectivity index (χ3n) is 3.97. The van der Waals surface area contributed by atoms with Crippen LogP contribution in [0.15, 0.2) is 88.8 Å². The van der Waals surface area contributed by atoms with Crippen molar-refractivity contribution in [1.82, 2.24) is 10.2 Å². The van der Waals surface area contributed by atoms with Gasteiger partial charge in [0.15, 0.2) is 0 Å². The number of nitro benzene ring substituents is 1. The van der Waals surface area contributed by atoms with Crippen LogP contribution in [0, 0.1) is 10.1 Å². The van der Waals surface area contributed by atoms with Gasteiger partial charge in [0.25, 0.3) is 5.69 Å². The highest BCUT2D eigenvalue weighted by atomic mass is 32.2. The van der Waals surface area contributed by atoms with E-state index in [0.717, 1.165) is 22.0 Å². The lowest BCUT2D eigenvalue weighted by Crippen LogP contribution is -1.95. The van der Waals surface area contributed by atoms with Crippen molar-refractivity contribution in [3.05, 3.63) is 89.0 Å². The zero-order valence-electron chi connectivity index (χ0n) is 13.6. The maximum atomic E-state index is 11.3. The summed E-state index contributed by atoms with van der Waals surface area (Å²) in [6, 6.07) is 24.4. The zero-order valence-corrected chi connectivity index (χ0v) is 14.4. The molecule has 0 aliphatic heterocycles. The van der Waals surface area contributed by atoms with Gasteiger partial charge < -0.3 is 0 Å². The highest BCUT2D eigenvalue weighted by Gasteiger charge is 2.17. The van der Waals surface area contributed by atoms with Gasteiger partial charge in [0.2, 0.25) is 0 Å². The van der Waals surface area contributed by atoms with E-state index in [4.69, 9.17) is 0 Å². The van der Waals surface area contributed by atoms with Gasteiger partial charge in [-0.25, -0.2) is 0 Å². The minimum absolute atomic E-state index is 0.0653. The number of para-hydroxylation sites is 1. The summed E-state index contributed by atoms with van der Waals surface area (Å²) in [6.07, 6.45) is 0. The van der Waals surface area contributed by atoms with Gasteiger partial charge in [-0.05, 0) is 6.07 Å². The predicted octanol–water partition coefficient (Wildman–Crippen LogP) is 5.36. The average molecular weight is 359 g/mol. The van der Waals surface area contributed by atoms with Crippen molar-refractivity contribution in [2.75, 3.05) is 0 Å². The van der Waals surface area contributed by atoms with Gasteiger partial charge in [-0.2, -0.15) is 0 Å². The van der Waals surface area contributed by atoms with Crippen LogP contribution < -0.4 is 0 Å². The summed E-state index contributed by atoms with van der Waals surface area (Å²) in [5.74, 6) is 0. The number of hydrogen-bond donors (Lipinski definition) is 0. The Labute approximate surface area is 153 Å². The molecule has 5 nitrogen and oxygen atoms in total. The van der Waals surface area contributed by atoms with Crippen LogP contribution in [0.1, 0.15) is 0 Å². The Morgan fingerprint density at radius 3 is 2.19 bits per heavy atom. The van der Waals surface area contributed by atoms with Gasteiger partial charge in [0, 0.05) is 22.4 Å². The highest BCUT2D eigenvalue weighted by Crippen LogP contribution is 2.38. The Kier molecular flexibility index (Phi) is 4.33. The van der Waals surface area contributed by atoms with E-state index in [1.807, 2.05) is 54.6 Å². The second kappa shape index (κ2) is 6.93. The summed E-state index contributed by atoms with van der Waals surface area (Å²) in [7, 11) is 0. The number of fused-ring (bicyclic) bond motifs is 1. The summed E-state index contributed by atoms with van der Waals surface area (Å²) in [6.45, 7) is 0. The van der Waals surface area contributed by atoms with Gasteiger partial charge in [0.05, 0.1) is 9.82 Å². The van der Waals surface area contributed by atoms with Crippen LogP contribution in [-0.4, -0.2) is 15.1 Å². The molecular weight excluding hydrogens is 346 g/mol. The molecule has 0 aliphatic carbocycles. The first kappa shape index (κ1) is 16.2. The molecule has 1 aromatic heterocycles. The number of rotatable bonds is 4. The molecule has 4 aromatic rings. The minimum Gasteiger partial charge on any atom is -0.258 e. The largest absolute Gasteiger partial charge is 0.283 e. The first-order valence-corrected chi connectivity index (χ1v) is 8.78. The van der Waals surface area contributed by atoms with Gasteiger partial charge in [-0.1, -0.05) is 78.5 Å². The van der Waals surface area contributed by atoms with Gasteiger partial charge in [-0.3, -0.25) is 10.1 Å². The summed E-state index contributed by atoms with van der Waals surface area (Å²) in [5.41, 5.74) is 1.85. The highest BCUT2D eigenvalue weighted by molar-refractivity contribution is 7.99. The number of aromatic nitrogens is 2. The second-order valence-electron chi connectivity index (χ2n) is 5.59. The summed E-state index contributed by atoms with van der Waals surface area (Å²) in [5, 5.41) is 22.6. The van der Waals surface area contributed by atoms with Crippen molar-refractivity contribution < 1.29 is 4.92 Å². The molecule has 1 heterocycles. The number of nitro groups is 1. The minimum atomic E-state index is -0.379. The van der Waals surface area contributed by atoms with Crippen molar-refractivity contribution in [3.63, 3.8) is 0 Å². The van der Waals surface area contributed by atoms with Crippen LogP contribution in [0.2, 0.25) is 0 Å². The molecule has 26 heavy (non-hydrogen) atoms. The molecule has 126 valence electrons. The Morgan fingerprint density at radius 2 is 1.42 bits per heavy atom. The van der Waals surface area contributed by atoms with Crippen molar-refractivity contribution in [2.24, 2.45) is 0 Å². The van der Waals surface area contributed by atoms with E-state index in [1.54, 1.807) is 18.2 Å². The van der Waals surface area contributed by atoms with Crippen LogP contribution >= 0.6 is 11.8 Å². The molecule has 0 atom stereocenters. The Balaban J connectivity index is 1.85. The SMILES string of the molecule is O=[N+]([O-])c1ccccc1Sc1nnc(-c2ccccc2)c2ccccc12. The molecular formula is C20H13N3O2S. The first-order chi connectivity index (χ1) is 12.7. The van der Waals surface area contributed by atoms with Crippen molar-refractivity contribution in [1.29, 1.82) is 0 Å². The summed E-state index contributed by atoms with van der Waals surface area (Å²) < 4.78 is 0. The fourth-order valence-electron chi connectivity index (χ4n) is 2.76. The first-order valence-electron chi connectivity index (χ1n) is 7.96. The molecule has 0 bridgehead atoms. The quantitative estimate of drug-likeness (QED) is 0.362. The molecule has 0 aliphatic rings. The Hall–Kier alpha value is -3.25. The third kappa shape index (κ3) is 3.02. The molecule has 3 aromatic carbocycles. The molecule has 0 unspecified atom stereocenters. The van der Waals surface area contributed by atoms with E-state index in [2.05, 4.69) is 10.2 Å². The molecule has 0 radical (unpaired) electrons. The monoisotopic (exact) mass is 359 g/mol. The van der Waals surface area contributed by atoms with E-state index in [-0.39, 0.29) is 10.6 Å². The fourth-order valence-corrected chi connectivity index (χ4v) is 3.73. The summed E-state index contributed by atoms with van der Waals surface area (Å²) in [4.78, 5) is 11.4. The Morgan fingerprint density at radius 1 is 0.769 bits per heavy atom. The predicted molar refractivity (Wildman–Crippen MR) is 102 cm³/mol. The lowest BCUT2D eigenvalue weighted by atomic mass is 10.1. The average Bonchev–Trinajstić information content (AvgIpc) is 2.69. The normalized spacial score (nSPS) is 10.8. The lowest BCUT2D eigenvalue weighted by molar-refractivity contribution is -0.387.